The van der Waals surface area contributed by atoms with Crippen LogP contribution in [0.4, 0.5) is 14.9 Å². The molecule has 2 fully saturated rings. The van der Waals surface area contributed by atoms with E-state index in [-0.39, 0.29) is 23.2 Å². The van der Waals surface area contributed by atoms with Crippen molar-refractivity contribution in [1.82, 2.24) is 19.4 Å². The number of urea groups is 1. The summed E-state index contributed by atoms with van der Waals surface area (Å²) in [7, 11) is 0. The number of benzene rings is 1. The van der Waals surface area contributed by atoms with Gasteiger partial charge < -0.3 is 15.1 Å². The minimum atomic E-state index is -0.386. The van der Waals surface area contributed by atoms with Crippen LogP contribution in [0.15, 0.2) is 29.6 Å². The number of rotatable bonds is 2. The number of carbonyl (C=O) groups is 2. The molecule has 2 aromatic rings. The van der Waals surface area contributed by atoms with Gasteiger partial charge in [-0.2, -0.15) is 0 Å². The predicted molar refractivity (Wildman–Crippen MR) is 99.1 cm³/mol. The van der Waals surface area contributed by atoms with Crippen LogP contribution in [0.1, 0.15) is 29.8 Å². The number of aromatic nitrogens is 2. The van der Waals surface area contributed by atoms with Crippen molar-refractivity contribution in [3.63, 3.8) is 0 Å². The summed E-state index contributed by atoms with van der Waals surface area (Å²) in [6.45, 7) is 2.54. The average Bonchev–Trinajstić information content (AvgIpc) is 3.32. The van der Waals surface area contributed by atoms with E-state index in [1.54, 1.807) is 22.4 Å². The van der Waals surface area contributed by atoms with E-state index in [0.717, 1.165) is 19.3 Å². The first kappa shape index (κ1) is 17.8. The minimum absolute atomic E-state index is 0.0867. The molecule has 3 heterocycles. The van der Waals surface area contributed by atoms with E-state index >= 15 is 0 Å². The van der Waals surface area contributed by atoms with Crippen molar-refractivity contribution in [3.05, 3.63) is 41.2 Å². The van der Waals surface area contributed by atoms with Crippen LogP contribution in [0.2, 0.25) is 0 Å². The molecule has 7 nitrogen and oxygen atoms in total. The highest BCUT2D eigenvalue weighted by Crippen LogP contribution is 2.39. The number of nitrogens with one attached hydrogen (secondary N) is 1. The van der Waals surface area contributed by atoms with Crippen LogP contribution in [0.5, 0.6) is 0 Å². The van der Waals surface area contributed by atoms with E-state index in [1.807, 2.05) is 4.90 Å². The Bertz CT molecular complexity index is 846. The number of nitrogens with zero attached hydrogens (tertiary/aromatic N) is 4. The number of likely N-dealkylation sites (tertiary alicyclic amines) is 2. The molecule has 0 aliphatic carbocycles. The first-order chi connectivity index (χ1) is 13.0. The Balaban J connectivity index is 1.40. The van der Waals surface area contributed by atoms with Gasteiger partial charge in [0.15, 0.2) is 5.69 Å². The zero-order valence-electron chi connectivity index (χ0n) is 14.7. The SMILES string of the molecule is O=C(Nc1cccc(F)c1)N1CC[C@@]2(CCCN(C(=O)c3csnn3)C2)C1. The monoisotopic (exact) mass is 389 g/mol. The van der Waals surface area contributed by atoms with Crippen molar-refractivity contribution >= 4 is 29.2 Å². The number of amides is 3. The topological polar surface area (TPSA) is 78.4 Å². The number of hydrogen-bond donors (Lipinski definition) is 1. The van der Waals surface area contributed by atoms with E-state index in [1.165, 1.54) is 23.7 Å². The summed E-state index contributed by atoms with van der Waals surface area (Å²) in [5, 5.41) is 8.29. The minimum Gasteiger partial charge on any atom is -0.337 e. The summed E-state index contributed by atoms with van der Waals surface area (Å²) < 4.78 is 17.1. The standard InChI is InChI=1S/C18H20FN5O2S/c19-13-3-1-4-14(9-13)20-17(26)24-8-6-18(12-24)5-2-7-23(11-18)16(25)15-10-27-22-21-15/h1,3-4,9-10H,2,5-8,11-12H2,(H,20,26)/t18-/m1/s1. The molecule has 3 amide bonds. The first-order valence-corrected chi connectivity index (χ1v) is 9.76. The fourth-order valence-corrected chi connectivity index (χ4v) is 4.44. The number of piperidine rings is 1. The van der Waals surface area contributed by atoms with Gasteiger partial charge >= 0.3 is 6.03 Å². The smallest absolute Gasteiger partial charge is 0.321 e. The quantitative estimate of drug-likeness (QED) is 0.857. The van der Waals surface area contributed by atoms with E-state index < -0.39 is 0 Å². The third kappa shape index (κ3) is 3.78. The van der Waals surface area contributed by atoms with E-state index in [4.69, 9.17) is 0 Å². The van der Waals surface area contributed by atoms with Gasteiger partial charge in [-0.25, -0.2) is 9.18 Å². The van der Waals surface area contributed by atoms with Gasteiger partial charge in [-0.3, -0.25) is 4.79 Å². The largest absolute Gasteiger partial charge is 0.337 e. The Morgan fingerprint density at radius 1 is 1.19 bits per heavy atom. The van der Waals surface area contributed by atoms with Crippen LogP contribution in [-0.2, 0) is 0 Å². The maximum Gasteiger partial charge on any atom is 0.321 e. The molecule has 1 aromatic carbocycles. The van der Waals surface area contributed by atoms with Gasteiger partial charge in [0.05, 0.1) is 0 Å². The second-order valence-electron chi connectivity index (χ2n) is 7.23. The van der Waals surface area contributed by atoms with Crippen molar-refractivity contribution in [2.45, 2.75) is 19.3 Å². The maximum absolute atomic E-state index is 13.3. The Labute approximate surface area is 160 Å². The molecular weight excluding hydrogens is 369 g/mol. The summed E-state index contributed by atoms with van der Waals surface area (Å²) in [5.41, 5.74) is 0.740. The molecule has 0 radical (unpaired) electrons. The molecule has 0 saturated carbocycles. The lowest BCUT2D eigenvalue weighted by molar-refractivity contribution is 0.0532. The highest BCUT2D eigenvalue weighted by atomic mass is 32.1. The van der Waals surface area contributed by atoms with Crippen LogP contribution in [0.3, 0.4) is 0 Å². The lowest BCUT2D eigenvalue weighted by Crippen LogP contribution is -2.48. The normalized spacial score (nSPS) is 22.3. The Morgan fingerprint density at radius 2 is 2.04 bits per heavy atom. The van der Waals surface area contributed by atoms with Crippen molar-refractivity contribution in [3.8, 4) is 0 Å². The fraction of sp³-hybridized carbons (Fsp3) is 0.444. The third-order valence-corrected chi connectivity index (χ3v) is 5.83. The number of carbonyl (C=O) groups excluding carboxylic acids is 2. The predicted octanol–water partition coefficient (Wildman–Crippen LogP) is 2.84. The molecule has 2 saturated heterocycles. The van der Waals surface area contributed by atoms with Gasteiger partial charge in [0.2, 0.25) is 0 Å². The molecular formula is C18H20FN5O2S. The van der Waals surface area contributed by atoms with Crippen molar-refractivity contribution < 1.29 is 14.0 Å². The van der Waals surface area contributed by atoms with Gasteiger partial charge in [-0.05, 0) is 49.0 Å². The molecule has 2 aliphatic rings. The molecule has 2 aliphatic heterocycles. The molecule has 27 heavy (non-hydrogen) atoms. The highest BCUT2D eigenvalue weighted by Gasteiger charge is 2.44. The molecule has 142 valence electrons. The molecule has 1 spiro atoms. The summed E-state index contributed by atoms with van der Waals surface area (Å²) in [5.74, 6) is -0.478. The molecule has 0 unspecified atom stereocenters. The summed E-state index contributed by atoms with van der Waals surface area (Å²) in [4.78, 5) is 28.7. The number of anilines is 1. The number of hydrogen-bond acceptors (Lipinski definition) is 5. The molecule has 4 rings (SSSR count). The third-order valence-electron chi connectivity index (χ3n) is 5.33. The Kier molecular flexibility index (Phi) is 4.77. The van der Waals surface area contributed by atoms with Crippen molar-refractivity contribution in [1.29, 1.82) is 0 Å². The average molecular weight is 389 g/mol. The second kappa shape index (κ2) is 7.22. The molecule has 0 bridgehead atoms. The van der Waals surface area contributed by atoms with E-state index in [2.05, 4.69) is 14.9 Å². The molecule has 1 aromatic heterocycles. The van der Waals surface area contributed by atoms with Crippen LogP contribution in [0, 0.1) is 11.2 Å². The number of halogens is 1. The van der Waals surface area contributed by atoms with Crippen LogP contribution >= 0.6 is 11.5 Å². The summed E-state index contributed by atoms with van der Waals surface area (Å²) in [6, 6.07) is 5.63. The van der Waals surface area contributed by atoms with Gasteiger partial charge in [0.1, 0.15) is 5.82 Å². The lowest BCUT2D eigenvalue weighted by atomic mass is 9.79. The zero-order valence-corrected chi connectivity index (χ0v) is 15.5. The van der Waals surface area contributed by atoms with Crippen LogP contribution in [0.25, 0.3) is 0 Å². The van der Waals surface area contributed by atoms with E-state index in [9.17, 15) is 14.0 Å². The Morgan fingerprint density at radius 3 is 2.81 bits per heavy atom. The molecule has 1 N–H and O–H groups in total. The second-order valence-corrected chi connectivity index (χ2v) is 7.84. The Hall–Kier alpha value is -2.55. The lowest BCUT2D eigenvalue weighted by Gasteiger charge is -2.40. The van der Waals surface area contributed by atoms with Gasteiger partial charge in [-0.15, -0.1) is 5.10 Å². The summed E-state index contributed by atoms with van der Waals surface area (Å²) in [6.07, 6.45) is 2.74. The first-order valence-electron chi connectivity index (χ1n) is 8.93. The van der Waals surface area contributed by atoms with Crippen LogP contribution in [-0.4, -0.2) is 57.5 Å². The highest BCUT2D eigenvalue weighted by molar-refractivity contribution is 7.03. The zero-order chi connectivity index (χ0) is 18.9. The van der Waals surface area contributed by atoms with Crippen LogP contribution < -0.4 is 5.32 Å². The van der Waals surface area contributed by atoms with Gasteiger partial charge in [0, 0.05) is 42.7 Å². The van der Waals surface area contributed by atoms with Gasteiger partial charge in [-0.1, -0.05) is 10.6 Å². The van der Waals surface area contributed by atoms with E-state index in [0.29, 0.717) is 37.6 Å². The fourth-order valence-electron chi connectivity index (χ4n) is 4.01. The molecule has 1 atom stereocenters. The van der Waals surface area contributed by atoms with Crippen molar-refractivity contribution in [2.75, 3.05) is 31.5 Å². The summed E-state index contributed by atoms with van der Waals surface area (Å²) >= 11 is 1.17. The van der Waals surface area contributed by atoms with Gasteiger partial charge in [0.25, 0.3) is 5.91 Å². The maximum atomic E-state index is 13.3. The molecule has 9 heteroatoms. The van der Waals surface area contributed by atoms with Crippen molar-refractivity contribution in [2.24, 2.45) is 5.41 Å².